The van der Waals surface area contributed by atoms with E-state index < -0.39 is 0 Å². The summed E-state index contributed by atoms with van der Waals surface area (Å²) in [6, 6.07) is 11.4. The van der Waals surface area contributed by atoms with Crippen LogP contribution in [0.3, 0.4) is 0 Å². The fourth-order valence-corrected chi connectivity index (χ4v) is 2.65. The number of aromatic nitrogens is 2. The summed E-state index contributed by atoms with van der Waals surface area (Å²) in [7, 11) is 0. The molecule has 0 saturated carbocycles. The quantitative estimate of drug-likeness (QED) is 0.712. The molecule has 24 heavy (non-hydrogen) atoms. The monoisotopic (exact) mass is 343 g/mol. The number of hydrogen-bond acceptors (Lipinski definition) is 5. The van der Waals surface area contributed by atoms with Gasteiger partial charge in [0.05, 0.1) is 19.3 Å². The second-order valence-corrected chi connectivity index (χ2v) is 5.86. The molecule has 0 unspecified atom stereocenters. The largest absolute Gasteiger partial charge is 0.439 e. The molecule has 0 bridgehead atoms. The molecule has 0 amide bonds. The van der Waals surface area contributed by atoms with Gasteiger partial charge >= 0.3 is 0 Å². The first-order valence-electron chi connectivity index (χ1n) is 7.67. The van der Waals surface area contributed by atoms with Crippen molar-refractivity contribution in [3.63, 3.8) is 0 Å². The summed E-state index contributed by atoms with van der Waals surface area (Å²) in [5.41, 5.74) is 1.97. The van der Waals surface area contributed by atoms with E-state index in [0.29, 0.717) is 36.3 Å². The lowest BCUT2D eigenvalue weighted by atomic mass is 10.2. The van der Waals surface area contributed by atoms with Gasteiger partial charge in [0.2, 0.25) is 5.89 Å². The first-order valence-corrected chi connectivity index (χ1v) is 8.05. The van der Waals surface area contributed by atoms with Crippen LogP contribution in [0.2, 0.25) is 5.02 Å². The van der Waals surface area contributed by atoms with Gasteiger partial charge in [-0.15, -0.1) is 0 Å². The number of pyridine rings is 1. The Morgan fingerprint density at radius 2 is 2.04 bits per heavy atom. The highest BCUT2D eigenvalue weighted by molar-refractivity contribution is 6.30. The Balaban J connectivity index is 1.71. The standard InChI is InChI=1S/C18H18ClN3O2/c19-16-5-1-4-15(9-16)17-11-21-18(24-17)13-22(7-8-23)12-14-3-2-6-20-10-14/h1-6,9-11,23H,7-8,12-13H2. The van der Waals surface area contributed by atoms with Gasteiger partial charge < -0.3 is 9.52 Å². The van der Waals surface area contributed by atoms with Gasteiger partial charge in [0.25, 0.3) is 0 Å². The molecule has 0 saturated heterocycles. The molecule has 0 atom stereocenters. The molecule has 0 radical (unpaired) electrons. The van der Waals surface area contributed by atoms with E-state index in [0.717, 1.165) is 11.1 Å². The molecule has 3 rings (SSSR count). The third-order valence-electron chi connectivity index (χ3n) is 3.57. The van der Waals surface area contributed by atoms with Gasteiger partial charge in [-0.2, -0.15) is 0 Å². The number of benzene rings is 1. The van der Waals surface area contributed by atoms with Crippen molar-refractivity contribution in [2.75, 3.05) is 13.2 Å². The average Bonchev–Trinajstić information content (AvgIpc) is 3.04. The summed E-state index contributed by atoms with van der Waals surface area (Å²) in [4.78, 5) is 10.5. The second-order valence-electron chi connectivity index (χ2n) is 5.42. The van der Waals surface area contributed by atoms with Crippen molar-refractivity contribution in [1.29, 1.82) is 0 Å². The fraction of sp³-hybridized carbons (Fsp3) is 0.222. The van der Waals surface area contributed by atoms with Crippen LogP contribution in [0, 0.1) is 0 Å². The smallest absolute Gasteiger partial charge is 0.209 e. The van der Waals surface area contributed by atoms with Crippen LogP contribution in [-0.4, -0.2) is 33.1 Å². The zero-order valence-electron chi connectivity index (χ0n) is 13.1. The molecule has 0 aliphatic rings. The first kappa shape index (κ1) is 16.6. The van der Waals surface area contributed by atoms with Crippen molar-refractivity contribution in [3.8, 4) is 11.3 Å². The van der Waals surface area contributed by atoms with E-state index >= 15 is 0 Å². The lowest BCUT2D eigenvalue weighted by molar-refractivity contribution is 0.172. The van der Waals surface area contributed by atoms with Gasteiger partial charge in [-0.3, -0.25) is 9.88 Å². The molecular formula is C18H18ClN3O2. The van der Waals surface area contributed by atoms with Crippen LogP contribution in [0.1, 0.15) is 11.5 Å². The van der Waals surface area contributed by atoms with E-state index in [1.54, 1.807) is 12.4 Å². The normalized spacial score (nSPS) is 11.1. The van der Waals surface area contributed by atoms with Crippen LogP contribution < -0.4 is 0 Å². The molecule has 2 aromatic heterocycles. The molecule has 2 heterocycles. The number of hydrogen-bond donors (Lipinski definition) is 1. The Bertz CT molecular complexity index is 777. The van der Waals surface area contributed by atoms with Crippen molar-refractivity contribution in [3.05, 3.63) is 71.5 Å². The molecule has 3 aromatic rings. The molecular weight excluding hydrogens is 326 g/mol. The van der Waals surface area contributed by atoms with E-state index in [9.17, 15) is 5.11 Å². The number of aliphatic hydroxyl groups excluding tert-OH is 1. The SMILES string of the molecule is OCCN(Cc1cccnc1)Cc1ncc(-c2cccc(Cl)c2)o1. The Morgan fingerprint density at radius 1 is 1.12 bits per heavy atom. The first-order chi connectivity index (χ1) is 11.7. The third-order valence-corrected chi connectivity index (χ3v) is 3.80. The molecule has 1 aromatic carbocycles. The Labute approximate surface area is 145 Å². The van der Waals surface area contributed by atoms with Gasteiger partial charge in [0, 0.05) is 36.1 Å². The molecule has 0 fully saturated rings. The minimum absolute atomic E-state index is 0.0715. The zero-order valence-corrected chi connectivity index (χ0v) is 13.9. The van der Waals surface area contributed by atoms with Gasteiger partial charge in [0.15, 0.2) is 5.76 Å². The molecule has 5 nitrogen and oxygen atoms in total. The summed E-state index contributed by atoms with van der Waals surface area (Å²) in [6.45, 7) is 1.78. The number of oxazole rings is 1. The Kier molecular flexibility index (Phi) is 5.59. The van der Waals surface area contributed by atoms with E-state index in [1.165, 1.54) is 0 Å². The summed E-state index contributed by atoms with van der Waals surface area (Å²) in [5.74, 6) is 1.28. The third kappa shape index (κ3) is 4.41. The maximum atomic E-state index is 9.28. The van der Waals surface area contributed by atoms with Gasteiger partial charge in [0.1, 0.15) is 0 Å². The predicted molar refractivity (Wildman–Crippen MR) is 92.4 cm³/mol. The molecule has 0 aliphatic carbocycles. The number of rotatable bonds is 7. The highest BCUT2D eigenvalue weighted by Crippen LogP contribution is 2.24. The highest BCUT2D eigenvalue weighted by atomic mass is 35.5. The van der Waals surface area contributed by atoms with Crippen molar-refractivity contribution >= 4 is 11.6 Å². The minimum Gasteiger partial charge on any atom is -0.439 e. The van der Waals surface area contributed by atoms with Crippen LogP contribution in [0.5, 0.6) is 0 Å². The lowest BCUT2D eigenvalue weighted by Crippen LogP contribution is -2.26. The highest BCUT2D eigenvalue weighted by Gasteiger charge is 2.12. The summed E-state index contributed by atoms with van der Waals surface area (Å²) < 4.78 is 5.83. The maximum absolute atomic E-state index is 9.28. The van der Waals surface area contributed by atoms with Crippen LogP contribution >= 0.6 is 11.6 Å². The summed E-state index contributed by atoms with van der Waals surface area (Å²) in [6.07, 6.45) is 5.25. The van der Waals surface area contributed by atoms with Crippen LogP contribution in [0.4, 0.5) is 0 Å². The zero-order chi connectivity index (χ0) is 16.8. The molecule has 0 spiro atoms. The Hall–Kier alpha value is -2.21. The minimum atomic E-state index is 0.0715. The molecule has 1 N–H and O–H groups in total. The van der Waals surface area contributed by atoms with Gasteiger partial charge in [-0.1, -0.05) is 29.8 Å². The van der Waals surface area contributed by atoms with Crippen LogP contribution in [0.25, 0.3) is 11.3 Å². The lowest BCUT2D eigenvalue weighted by Gasteiger charge is -2.19. The fourth-order valence-electron chi connectivity index (χ4n) is 2.46. The van der Waals surface area contributed by atoms with Crippen LogP contribution in [-0.2, 0) is 13.1 Å². The molecule has 6 heteroatoms. The summed E-state index contributed by atoms with van der Waals surface area (Å²) >= 11 is 6.01. The van der Waals surface area contributed by atoms with Gasteiger partial charge in [-0.25, -0.2) is 4.98 Å². The number of halogens is 1. The average molecular weight is 344 g/mol. The van der Waals surface area contributed by atoms with Crippen molar-refractivity contribution < 1.29 is 9.52 Å². The Morgan fingerprint density at radius 3 is 2.79 bits per heavy atom. The van der Waals surface area contributed by atoms with Crippen LogP contribution in [0.15, 0.2) is 59.4 Å². The van der Waals surface area contributed by atoms with E-state index in [1.807, 2.05) is 42.6 Å². The van der Waals surface area contributed by atoms with Crippen molar-refractivity contribution in [1.82, 2.24) is 14.9 Å². The molecule has 124 valence electrons. The van der Waals surface area contributed by atoms with E-state index in [2.05, 4.69) is 14.9 Å². The van der Waals surface area contributed by atoms with Crippen molar-refractivity contribution in [2.45, 2.75) is 13.1 Å². The molecule has 0 aliphatic heterocycles. The second kappa shape index (κ2) is 8.06. The van der Waals surface area contributed by atoms with E-state index in [4.69, 9.17) is 16.0 Å². The summed E-state index contributed by atoms with van der Waals surface area (Å²) in [5, 5.41) is 9.94. The van der Waals surface area contributed by atoms with Crippen molar-refractivity contribution in [2.24, 2.45) is 0 Å². The maximum Gasteiger partial charge on any atom is 0.209 e. The topological polar surface area (TPSA) is 62.4 Å². The number of nitrogens with zero attached hydrogens (tertiary/aromatic N) is 3. The van der Waals surface area contributed by atoms with E-state index in [-0.39, 0.29) is 6.61 Å². The predicted octanol–water partition coefficient (Wildman–Crippen LogP) is 3.38. The van der Waals surface area contributed by atoms with Gasteiger partial charge in [-0.05, 0) is 23.8 Å². The number of aliphatic hydroxyl groups is 1.